The maximum atomic E-state index is 12.4. The van der Waals surface area contributed by atoms with Gasteiger partial charge in [-0.05, 0) is 24.0 Å². The summed E-state index contributed by atoms with van der Waals surface area (Å²) in [6, 6.07) is 4.33. The van der Waals surface area contributed by atoms with E-state index in [1.54, 1.807) is 4.90 Å². The molecule has 0 unspecified atom stereocenters. The molecule has 0 bridgehead atoms. The minimum Gasteiger partial charge on any atom is -0.507 e. The molecule has 0 radical (unpaired) electrons. The third-order valence-electron chi connectivity index (χ3n) is 3.69. The molecule has 0 spiro atoms. The topological polar surface area (TPSA) is 60.8 Å². The highest BCUT2D eigenvalue weighted by molar-refractivity contribution is 5.99. The Labute approximate surface area is 119 Å². The van der Waals surface area contributed by atoms with Crippen LogP contribution < -0.4 is 0 Å². The van der Waals surface area contributed by atoms with Crippen molar-refractivity contribution in [3.05, 3.63) is 35.4 Å². The molecular weight excluding hydrogens is 254 g/mol. The van der Waals surface area contributed by atoms with Gasteiger partial charge in [0.25, 0.3) is 5.91 Å². The molecule has 4 heteroatoms. The van der Waals surface area contributed by atoms with Gasteiger partial charge in [-0.15, -0.1) is 0 Å². The highest BCUT2D eigenvalue weighted by Gasteiger charge is 2.26. The van der Waals surface area contributed by atoms with Crippen LogP contribution in [0.25, 0.3) is 0 Å². The summed E-state index contributed by atoms with van der Waals surface area (Å²) in [5, 5.41) is 19.5. The summed E-state index contributed by atoms with van der Waals surface area (Å²) in [5.74, 6) is -0.689. The van der Waals surface area contributed by atoms with E-state index in [4.69, 9.17) is 0 Å². The van der Waals surface area contributed by atoms with E-state index < -0.39 is 0 Å². The normalized spacial score (nSPS) is 15.9. The maximum absolute atomic E-state index is 12.4. The molecule has 1 aliphatic heterocycles. The van der Waals surface area contributed by atoms with Gasteiger partial charge in [-0.1, -0.05) is 38.5 Å². The second-order valence-electron chi connectivity index (χ2n) is 6.15. The minimum atomic E-state index is -0.329. The van der Waals surface area contributed by atoms with Crippen molar-refractivity contribution in [2.75, 3.05) is 13.1 Å². The Morgan fingerprint density at radius 2 is 1.80 bits per heavy atom. The first-order valence-corrected chi connectivity index (χ1v) is 6.80. The molecular formula is C16H21NO3. The molecule has 1 aromatic carbocycles. The molecule has 1 aromatic rings. The molecule has 0 aliphatic carbocycles. The van der Waals surface area contributed by atoms with Gasteiger partial charge in [-0.25, -0.2) is 0 Å². The van der Waals surface area contributed by atoms with Crippen molar-refractivity contribution >= 4 is 5.91 Å². The zero-order chi connectivity index (χ0) is 14.9. The Kier molecular flexibility index (Phi) is 3.75. The van der Waals surface area contributed by atoms with Crippen LogP contribution in [0.1, 0.15) is 37.6 Å². The van der Waals surface area contributed by atoms with E-state index in [2.05, 4.69) is 26.8 Å². The third kappa shape index (κ3) is 2.79. The van der Waals surface area contributed by atoms with E-state index in [1.807, 2.05) is 0 Å². The van der Waals surface area contributed by atoms with Crippen molar-refractivity contribution in [3.8, 4) is 11.5 Å². The number of carbonyl (C=O) groups is 1. The van der Waals surface area contributed by atoms with Crippen LogP contribution in [-0.2, 0) is 0 Å². The lowest BCUT2D eigenvalue weighted by molar-refractivity contribution is 0.0758. The van der Waals surface area contributed by atoms with Gasteiger partial charge >= 0.3 is 0 Å². The lowest BCUT2D eigenvalue weighted by Gasteiger charge is -2.32. The van der Waals surface area contributed by atoms with Gasteiger partial charge in [0.2, 0.25) is 0 Å². The molecule has 108 valence electrons. The number of phenols is 2. The van der Waals surface area contributed by atoms with Crippen molar-refractivity contribution in [2.24, 2.45) is 5.41 Å². The second-order valence-corrected chi connectivity index (χ2v) is 6.15. The average molecular weight is 275 g/mol. The number of aromatic hydroxyl groups is 2. The van der Waals surface area contributed by atoms with Crippen molar-refractivity contribution in [1.29, 1.82) is 0 Å². The monoisotopic (exact) mass is 275 g/mol. The van der Waals surface area contributed by atoms with Crippen molar-refractivity contribution in [1.82, 2.24) is 4.90 Å². The van der Waals surface area contributed by atoms with Crippen LogP contribution >= 0.6 is 0 Å². The number of nitrogens with zero attached hydrogens (tertiary/aromatic N) is 1. The summed E-state index contributed by atoms with van der Waals surface area (Å²) in [6.45, 7) is 7.59. The Hall–Kier alpha value is -1.97. The molecule has 1 aliphatic rings. The van der Waals surface area contributed by atoms with Crippen LogP contribution in [0.15, 0.2) is 29.8 Å². The van der Waals surface area contributed by atoms with Gasteiger partial charge in [0.05, 0.1) is 0 Å². The number of phenolic OH excluding ortho intramolecular Hbond substituents is 2. The number of hydrogen-bond acceptors (Lipinski definition) is 3. The van der Waals surface area contributed by atoms with Crippen molar-refractivity contribution in [3.63, 3.8) is 0 Å². The quantitative estimate of drug-likeness (QED) is 0.775. The zero-order valence-electron chi connectivity index (χ0n) is 12.2. The number of rotatable bonds is 1. The Balaban J connectivity index is 2.19. The highest BCUT2D eigenvalue weighted by Crippen LogP contribution is 2.32. The first-order chi connectivity index (χ1) is 9.30. The molecule has 1 amide bonds. The maximum Gasteiger partial charge on any atom is 0.261 e. The molecule has 2 rings (SSSR count). The fourth-order valence-electron chi connectivity index (χ4n) is 2.44. The van der Waals surface area contributed by atoms with Gasteiger partial charge < -0.3 is 15.1 Å². The van der Waals surface area contributed by atoms with Crippen LogP contribution in [0.4, 0.5) is 0 Å². The predicted molar refractivity (Wildman–Crippen MR) is 77.8 cm³/mol. The Morgan fingerprint density at radius 3 is 2.25 bits per heavy atom. The summed E-state index contributed by atoms with van der Waals surface area (Å²) in [5.41, 5.74) is 1.44. The lowest BCUT2D eigenvalue weighted by Crippen LogP contribution is -2.36. The molecule has 0 saturated heterocycles. The number of benzene rings is 1. The number of hydrogen-bond donors (Lipinski definition) is 2. The summed E-state index contributed by atoms with van der Waals surface area (Å²) >= 11 is 0. The molecule has 4 nitrogen and oxygen atoms in total. The molecule has 0 fully saturated rings. The third-order valence-corrected chi connectivity index (χ3v) is 3.69. The standard InChI is InChI=1S/C16H21NO3/c1-16(2,3)11-7-9-17(10-8-11)15(20)14-12(18)5-4-6-13(14)19/h4-7,18-19H,8-10H2,1-3H3. The van der Waals surface area contributed by atoms with Crippen molar-refractivity contribution < 1.29 is 15.0 Å². The van der Waals surface area contributed by atoms with Gasteiger partial charge in [0.15, 0.2) is 0 Å². The van der Waals surface area contributed by atoms with E-state index >= 15 is 0 Å². The summed E-state index contributed by atoms with van der Waals surface area (Å²) in [4.78, 5) is 14.0. The van der Waals surface area contributed by atoms with Crippen LogP contribution in [0.2, 0.25) is 0 Å². The fourth-order valence-corrected chi connectivity index (χ4v) is 2.44. The van der Waals surface area contributed by atoms with E-state index in [0.29, 0.717) is 13.1 Å². The molecule has 20 heavy (non-hydrogen) atoms. The number of amides is 1. The molecule has 0 atom stereocenters. The summed E-state index contributed by atoms with van der Waals surface area (Å²) < 4.78 is 0. The highest BCUT2D eigenvalue weighted by atomic mass is 16.3. The summed E-state index contributed by atoms with van der Waals surface area (Å²) in [7, 11) is 0. The number of carbonyl (C=O) groups excluding carboxylic acids is 1. The van der Waals surface area contributed by atoms with Crippen molar-refractivity contribution in [2.45, 2.75) is 27.2 Å². The molecule has 0 aromatic heterocycles. The molecule has 2 N–H and O–H groups in total. The Bertz CT molecular complexity index is 535. The van der Waals surface area contributed by atoms with Crippen LogP contribution in [0.5, 0.6) is 11.5 Å². The van der Waals surface area contributed by atoms with E-state index in [1.165, 1.54) is 23.8 Å². The fraction of sp³-hybridized carbons (Fsp3) is 0.438. The first-order valence-electron chi connectivity index (χ1n) is 6.80. The lowest BCUT2D eigenvalue weighted by atomic mass is 9.83. The van der Waals surface area contributed by atoms with Gasteiger partial charge in [-0.2, -0.15) is 0 Å². The first kappa shape index (κ1) is 14.4. The molecule has 1 heterocycles. The largest absolute Gasteiger partial charge is 0.507 e. The van der Waals surface area contributed by atoms with Crippen LogP contribution in [-0.4, -0.2) is 34.1 Å². The average Bonchev–Trinajstić information content (AvgIpc) is 2.37. The van der Waals surface area contributed by atoms with Gasteiger partial charge in [-0.3, -0.25) is 4.79 Å². The summed E-state index contributed by atoms with van der Waals surface area (Å²) in [6.07, 6.45) is 2.89. The van der Waals surface area contributed by atoms with E-state index in [9.17, 15) is 15.0 Å². The molecule has 0 saturated carbocycles. The van der Waals surface area contributed by atoms with Crippen LogP contribution in [0, 0.1) is 5.41 Å². The Morgan fingerprint density at radius 1 is 1.20 bits per heavy atom. The second kappa shape index (κ2) is 5.19. The zero-order valence-corrected chi connectivity index (χ0v) is 12.2. The van der Waals surface area contributed by atoms with Gasteiger partial charge in [0, 0.05) is 13.1 Å². The minimum absolute atomic E-state index is 0.0138. The van der Waals surface area contributed by atoms with Crippen LogP contribution in [0.3, 0.4) is 0 Å². The van der Waals surface area contributed by atoms with E-state index in [-0.39, 0.29) is 28.4 Å². The smallest absolute Gasteiger partial charge is 0.261 e. The predicted octanol–water partition coefficient (Wildman–Crippen LogP) is 2.92. The van der Waals surface area contributed by atoms with E-state index in [0.717, 1.165) is 6.42 Å². The SMILES string of the molecule is CC(C)(C)C1=CCN(C(=O)c2c(O)cccc2O)CC1. The van der Waals surface area contributed by atoms with Gasteiger partial charge in [0.1, 0.15) is 17.1 Å².